The van der Waals surface area contributed by atoms with Crippen molar-refractivity contribution in [2.45, 2.75) is 0 Å². The Morgan fingerprint density at radius 1 is 0.900 bits per heavy atom. The molecule has 1 aromatic carbocycles. The number of hydrogen-bond donors (Lipinski definition) is 0. The van der Waals surface area contributed by atoms with Crippen molar-refractivity contribution in [2.24, 2.45) is 0 Å². The third kappa shape index (κ3) is 1.80. The molecule has 0 N–H and O–H groups in total. The molecule has 0 radical (unpaired) electrons. The van der Waals surface area contributed by atoms with Gasteiger partial charge in [0.15, 0.2) is 0 Å². The standard InChI is InChI=1S/C16H10BrN3/c17-14-2-1-12-9-19-16(8-13(12)7-14)20-6-4-11-3-5-18-10-15(11)20/h1-10H. The highest BCUT2D eigenvalue weighted by atomic mass is 79.9. The minimum Gasteiger partial charge on any atom is -0.300 e. The van der Waals surface area contributed by atoms with Crippen molar-refractivity contribution in [1.29, 1.82) is 0 Å². The Hall–Kier alpha value is -2.20. The van der Waals surface area contributed by atoms with Gasteiger partial charge in [0.05, 0.1) is 11.7 Å². The maximum atomic E-state index is 4.55. The minimum atomic E-state index is 0.901. The van der Waals surface area contributed by atoms with Gasteiger partial charge in [-0.15, -0.1) is 0 Å². The lowest BCUT2D eigenvalue weighted by molar-refractivity contribution is 1.05. The third-order valence-corrected chi connectivity index (χ3v) is 3.90. The Kier molecular flexibility index (Phi) is 2.57. The fraction of sp³-hybridized carbons (Fsp3) is 0. The van der Waals surface area contributed by atoms with Crippen molar-refractivity contribution in [3.63, 3.8) is 0 Å². The summed E-state index contributed by atoms with van der Waals surface area (Å²) in [4.78, 5) is 8.74. The highest BCUT2D eigenvalue weighted by Gasteiger charge is 2.05. The van der Waals surface area contributed by atoms with Crippen molar-refractivity contribution < 1.29 is 0 Å². The quantitative estimate of drug-likeness (QED) is 0.521. The molecular formula is C16H10BrN3. The second-order valence-corrected chi connectivity index (χ2v) is 5.57. The summed E-state index contributed by atoms with van der Waals surface area (Å²) in [5.41, 5.74) is 1.06. The first-order chi connectivity index (χ1) is 9.81. The van der Waals surface area contributed by atoms with Crippen molar-refractivity contribution >= 4 is 37.6 Å². The summed E-state index contributed by atoms with van der Waals surface area (Å²) in [6, 6.07) is 12.4. The fourth-order valence-electron chi connectivity index (χ4n) is 2.41. The van der Waals surface area contributed by atoms with Gasteiger partial charge >= 0.3 is 0 Å². The molecule has 3 heterocycles. The van der Waals surface area contributed by atoms with Gasteiger partial charge in [0.25, 0.3) is 0 Å². The summed E-state index contributed by atoms with van der Waals surface area (Å²) in [5.74, 6) is 0.901. The van der Waals surface area contributed by atoms with E-state index in [4.69, 9.17) is 0 Å². The van der Waals surface area contributed by atoms with Crippen LogP contribution in [0.1, 0.15) is 0 Å². The summed E-state index contributed by atoms with van der Waals surface area (Å²) in [6.45, 7) is 0. The molecule has 20 heavy (non-hydrogen) atoms. The van der Waals surface area contributed by atoms with Crippen LogP contribution >= 0.6 is 15.9 Å². The summed E-state index contributed by atoms with van der Waals surface area (Å²) in [7, 11) is 0. The van der Waals surface area contributed by atoms with Crippen LogP contribution in [-0.2, 0) is 0 Å². The van der Waals surface area contributed by atoms with E-state index in [0.717, 1.165) is 32.0 Å². The van der Waals surface area contributed by atoms with Crippen LogP contribution in [0, 0.1) is 0 Å². The number of rotatable bonds is 1. The Balaban J connectivity index is 1.97. The molecule has 96 valence electrons. The number of halogens is 1. The topological polar surface area (TPSA) is 30.7 Å². The van der Waals surface area contributed by atoms with Gasteiger partial charge in [-0.3, -0.25) is 9.55 Å². The Morgan fingerprint density at radius 3 is 2.80 bits per heavy atom. The van der Waals surface area contributed by atoms with Crippen LogP contribution in [0.5, 0.6) is 0 Å². The van der Waals surface area contributed by atoms with Crippen molar-refractivity contribution in [3.8, 4) is 5.82 Å². The highest BCUT2D eigenvalue weighted by Crippen LogP contribution is 2.23. The number of aromatic nitrogens is 3. The van der Waals surface area contributed by atoms with E-state index in [-0.39, 0.29) is 0 Å². The first-order valence-electron chi connectivity index (χ1n) is 6.28. The van der Waals surface area contributed by atoms with Crippen molar-refractivity contribution in [1.82, 2.24) is 14.5 Å². The van der Waals surface area contributed by atoms with E-state index < -0.39 is 0 Å². The largest absolute Gasteiger partial charge is 0.300 e. The van der Waals surface area contributed by atoms with Crippen LogP contribution in [-0.4, -0.2) is 14.5 Å². The van der Waals surface area contributed by atoms with Gasteiger partial charge in [-0.1, -0.05) is 22.0 Å². The fourth-order valence-corrected chi connectivity index (χ4v) is 2.78. The normalized spacial score (nSPS) is 11.2. The van der Waals surface area contributed by atoms with E-state index in [1.165, 1.54) is 0 Å². The van der Waals surface area contributed by atoms with Gasteiger partial charge in [0.2, 0.25) is 0 Å². The van der Waals surface area contributed by atoms with Gasteiger partial charge in [0, 0.05) is 33.8 Å². The molecular weight excluding hydrogens is 314 g/mol. The monoisotopic (exact) mass is 323 g/mol. The maximum Gasteiger partial charge on any atom is 0.137 e. The lowest BCUT2D eigenvalue weighted by Crippen LogP contribution is -1.95. The average molecular weight is 324 g/mol. The Morgan fingerprint density at radius 2 is 1.85 bits per heavy atom. The number of benzene rings is 1. The summed E-state index contributed by atoms with van der Waals surface area (Å²) >= 11 is 3.51. The SMILES string of the molecule is Brc1ccc2cnc(-n3ccc4ccncc43)cc2c1. The molecule has 3 aromatic heterocycles. The average Bonchev–Trinajstić information content (AvgIpc) is 2.90. The first kappa shape index (κ1) is 11.6. The lowest BCUT2D eigenvalue weighted by atomic mass is 10.2. The molecule has 0 amide bonds. The molecule has 0 unspecified atom stereocenters. The van der Waals surface area contributed by atoms with Crippen LogP contribution in [0.3, 0.4) is 0 Å². The molecule has 0 saturated carbocycles. The van der Waals surface area contributed by atoms with E-state index >= 15 is 0 Å². The van der Waals surface area contributed by atoms with Crippen molar-refractivity contribution in [2.75, 3.05) is 0 Å². The molecule has 4 aromatic rings. The molecule has 0 saturated heterocycles. The van der Waals surface area contributed by atoms with Crippen molar-refractivity contribution in [3.05, 3.63) is 65.7 Å². The first-order valence-corrected chi connectivity index (χ1v) is 7.07. The predicted molar refractivity (Wildman–Crippen MR) is 84.1 cm³/mol. The zero-order valence-electron chi connectivity index (χ0n) is 10.5. The minimum absolute atomic E-state index is 0.901. The maximum absolute atomic E-state index is 4.55. The number of pyridine rings is 2. The van der Waals surface area contributed by atoms with Crippen LogP contribution in [0.2, 0.25) is 0 Å². The molecule has 0 atom stereocenters. The van der Waals surface area contributed by atoms with Crippen LogP contribution in [0.15, 0.2) is 65.7 Å². The van der Waals surface area contributed by atoms with E-state index in [9.17, 15) is 0 Å². The molecule has 4 rings (SSSR count). The molecule has 0 aliphatic rings. The summed E-state index contributed by atoms with van der Waals surface area (Å²) in [5, 5.41) is 3.46. The Bertz CT molecular complexity index is 927. The van der Waals surface area contributed by atoms with Crippen LogP contribution in [0.25, 0.3) is 27.5 Å². The zero-order chi connectivity index (χ0) is 13.5. The zero-order valence-corrected chi connectivity index (χ0v) is 12.1. The van der Waals surface area contributed by atoms with E-state index in [2.05, 4.69) is 54.7 Å². The van der Waals surface area contributed by atoms with Gasteiger partial charge < -0.3 is 0 Å². The molecule has 0 aliphatic carbocycles. The molecule has 0 fully saturated rings. The highest BCUT2D eigenvalue weighted by molar-refractivity contribution is 9.10. The third-order valence-electron chi connectivity index (χ3n) is 3.41. The van der Waals surface area contributed by atoms with Gasteiger partial charge in [-0.2, -0.15) is 0 Å². The van der Waals surface area contributed by atoms with Crippen LogP contribution in [0.4, 0.5) is 0 Å². The smallest absolute Gasteiger partial charge is 0.137 e. The van der Waals surface area contributed by atoms with Gasteiger partial charge in [0.1, 0.15) is 5.82 Å². The molecule has 4 heteroatoms. The molecule has 0 bridgehead atoms. The number of nitrogens with zero attached hydrogens (tertiary/aromatic N) is 3. The predicted octanol–water partition coefficient (Wildman–Crippen LogP) is 4.34. The van der Waals surface area contributed by atoms with Gasteiger partial charge in [-0.05, 0) is 35.7 Å². The van der Waals surface area contributed by atoms with E-state index in [0.29, 0.717) is 0 Å². The second-order valence-electron chi connectivity index (χ2n) is 4.65. The number of fused-ring (bicyclic) bond motifs is 2. The van der Waals surface area contributed by atoms with Gasteiger partial charge in [-0.25, -0.2) is 4.98 Å². The lowest BCUT2D eigenvalue weighted by Gasteiger charge is -2.06. The summed E-state index contributed by atoms with van der Waals surface area (Å²) in [6.07, 6.45) is 7.59. The number of hydrogen-bond acceptors (Lipinski definition) is 2. The Labute approximate surface area is 124 Å². The van der Waals surface area contributed by atoms with E-state index in [1.807, 2.05) is 30.7 Å². The molecule has 0 aliphatic heterocycles. The molecule has 3 nitrogen and oxygen atoms in total. The molecule has 0 spiro atoms. The second kappa shape index (κ2) is 4.42. The van der Waals surface area contributed by atoms with Crippen LogP contribution < -0.4 is 0 Å². The van der Waals surface area contributed by atoms with E-state index in [1.54, 1.807) is 6.20 Å². The summed E-state index contributed by atoms with van der Waals surface area (Å²) < 4.78 is 3.13.